The molecule has 2 amide bonds. The fourth-order valence-corrected chi connectivity index (χ4v) is 3.87. The van der Waals surface area contributed by atoms with Gasteiger partial charge in [-0.15, -0.1) is 0 Å². The first-order valence-electron chi connectivity index (χ1n) is 9.49. The van der Waals surface area contributed by atoms with E-state index in [0.717, 1.165) is 12.1 Å². The number of nitro benzene ring substituents is 1. The second-order valence-electron chi connectivity index (χ2n) is 6.96. The number of benzene rings is 2. The lowest BCUT2D eigenvalue weighted by molar-refractivity contribution is -0.384. The molecule has 0 spiro atoms. The molecule has 13 heteroatoms. The minimum absolute atomic E-state index is 0.0980. The molecule has 2 N–H and O–H groups in total. The molecule has 0 saturated heterocycles. The predicted octanol–water partition coefficient (Wildman–Crippen LogP) is 6.05. The summed E-state index contributed by atoms with van der Waals surface area (Å²) in [6.07, 6.45) is -3.29. The van der Waals surface area contributed by atoms with E-state index in [9.17, 15) is 32.9 Å². The first-order valence-corrected chi connectivity index (χ1v) is 10.9. The number of esters is 1. The van der Waals surface area contributed by atoms with Crippen LogP contribution in [0.1, 0.15) is 28.8 Å². The highest BCUT2D eigenvalue weighted by molar-refractivity contribution is 14.1. The van der Waals surface area contributed by atoms with Crippen molar-refractivity contribution in [3.8, 4) is 0 Å². The monoisotopic (exact) mass is 607 g/mol. The topological polar surface area (TPSA) is 111 Å². The van der Waals surface area contributed by atoms with Crippen LogP contribution in [-0.2, 0) is 10.9 Å². The van der Waals surface area contributed by atoms with E-state index in [1.807, 2.05) is 0 Å². The molecule has 178 valence electrons. The smallest absolute Gasteiger partial charge is 0.417 e. The van der Waals surface area contributed by atoms with Crippen molar-refractivity contribution >= 4 is 57.6 Å². The third-order valence-electron chi connectivity index (χ3n) is 4.56. The van der Waals surface area contributed by atoms with Gasteiger partial charge in [-0.25, -0.2) is 9.59 Å². The molecule has 0 aromatic heterocycles. The Balaban J connectivity index is 1.61. The number of alkyl halides is 3. The highest BCUT2D eigenvalue weighted by atomic mass is 127. The van der Waals surface area contributed by atoms with E-state index >= 15 is 0 Å². The number of urea groups is 1. The van der Waals surface area contributed by atoms with E-state index in [0.29, 0.717) is 15.7 Å². The minimum Gasteiger partial charge on any atom is -0.454 e. The number of non-ortho nitro benzene ring substituents is 1. The van der Waals surface area contributed by atoms with Crippen LogP contribution in [0.4, 0.5) is 29.3 Å². The normalized spacial score (nSPS) is 15.3. The maximum absolute atomic E-state index is 13.0. The Bertz CT molecular complexity index is 1230. The van der Waals surface area contributed by atoms with Gasteiger partial charge in [0.2, 0.25) is 0 Å². The summed E-state index contributed by atoms with van der Waals surface area (Å²) in [7, 11) is 0. The summed E-state index contributed by atoms with van der Waals surface area (Å²) in [6.45, 7) is 0. The molecule has 1 aliphatic rings. The zero-order valence-electron chi connectivity index (χ0n) is 16.9. The maximum atomic E-state index is 13.0. The molecule has 1 atom stereocenters. The molecule has 2 aromatic carbocycles. The first-order chi connectivity index (χ1) is 15.9. The molecule has 2 aromatic rings. The van der Waals surface area contributed by atoms with Crippen molar-refractivity contribution < 1.29 is 32.4 Å². The third-order valence-corrected chi connectivity index (χ3v) is 5.78. The van der Waals surface area contributed by atoms with E-state index in [1.54, 1.807) is 22.6 Å². The molecule has 0 radical (unpaired) electrons. The lowest BCUT2D eigenvalue weighted by Crippen LogP contribution is -2.30. The Morgan fingerprint density at radius 3 is 2.53 bits per heavy atom. The molecule has 34 heavy (non-hydrogen) atoms. The Kier molecular flexibility index (Phi) is 7.85. The van der Waals surface area contributed by atoms with Crippen molar-refractivity contribution in [3.05, 3.63) is 83.7 Å². The fourth-order valence-electron chi connectivity index (χ4n) is 2.93. The number of carbonyl (C=O) groups is 2. The van der Waals surface area contributed by atoms with Gasteiger partial charge in [-0.05, 0) is 65.8 Å². The molecule has 0 aliphatic heterocycles. The van der Waals surface area contributed by atoms with Gasteiger partial charge in [0, 0.05) is 21.4 Å². The summed E-state index contributed by atoms with van der Waals surface area (Å²) >= 11 is 7.36. The van der Waals surface area contributed by atoms with Crippen LogP contribution < -0.4 is 10.6 Å². The maximum Gasteiger partial charge on any atom is 0.417 e. The molecule has 0 saturated carbocycles. The van der Waals surface area contributed by atoms with Gasteiger partial charge in [0.25, 0.3) is 5.69 Å². The van der Waals surface area contributed by atoms with Crippen LogP contribution in [0.2, 0.25) is 5.02 Å². The van der Waals surface area contributed by atoms with Gasteiger partial charge in [-0.3, -0.25) is 10.1 Å². The molecule has 1 unspecified atom stereocenters. The lowest BCUT2D eigenvalue weighted by Gasteiger charge is -2.18. The summed E-state index contributed by atoms with van der Waals surface area (Å²) in [4.78, 5) is 34.8. The van der Waals surface area contributed by atoms with Gasteiger partial charge in [0.1, 0.15) is 6.10 Å². The number of halogens is 5. The number of rotatable bonds is 5. The Labute approximate surface area is 209 Å². The van der Waals surface area contributed by atoms with Gasteiger partial charge in [0.15, 0.2) is 0 Å². The Morgan fingerprint density at radius 2 is 1.94 bits per heavy atom. The van der Waals surface area contributed by atoms with Gasteiger partial charge in [0.05, 0.1) is 26.8 Å². The molecule has 0 bridgehead atoms. The summed E-state index contributed by atoms with van der Waals surface area (Å²) in [6, 6.07) is 5.98. The molecule has 0 fully saturated rings. The van der Waals surface area contributed by atoms with Crippen molar-refractivity contribution in [3.63, 3.8) is 0 Å². The SMILES string of the molecule is O=C(NC1=C=CC(OC(=O)c2ccc([N+](=O)[O-])cc2I)CC1)Nc1ccc(Cl)c(C(F)(F)F)c1. The molecule has 3 rings (SSSR count). The number of nitrogens with zero attached hydrogens (tertiary/aromatic N) is 1. The van der Waals surface area contributed by atoms with E-state index in [4.69, 9.17) is 16.3 Å². The molecule has 1 aliphatic carbocycles. The summed E-state index contributed by atoms with van der Waals surface area (Å²) < 4.78 is 44.6. The van der Waals surface area contributed by atoms with E-state index in [-0.39, 0.29) is 23.4 Å². The number of ether oxygens (including phenoxy) is 1. The standard InChI is InChI=1S/C21H14ClF3IN3O5/c22-17-8-3-12(9-16(17)21(23,24)25)28-20(31)27-11-1-5-14(6-2-11)34-19(30)15-7-4-13(29(32)33)10-18(15)26/h3-4,6-10,14H,1,5H2,(H2,27,28,31). The largest absolute Gasteiger partial charge is 0.454 e. The number of hydrogen-bond donors (Lipinski definition) is 2. The zero-order valence-corrected chi connectivity index (χ0v) is 19.8. The highest BCUT2D eigenvalue weighted by Gasteiger charge is 2.33. The molecular formula is C21H14ClF3IN3O5. The number of hydrogen-bond acceptors (Lipinski definition) is 5. The van der Waals surface area contributed by atoms with Crippen LogP contribution in [-0.4, -0.2) is 23.0 Å². The summed E-state index contributed by atoms with van der Waals surface area (Å²) in [5.74, 6) is -0.667. The second kappa shape index (κ2) is 10.5. The number of nitro groups is 1. The van der Waals surface area contributed by atoms with Crippen molar-refractivity contribution in [2.24, 2.45) is 0 Å². The summed E-state index contributed by atoms with van der Waals surface area (Å²) in [5, 5.41) is 15.1. The number of anilines is 1. The third kappa shape index (κ3) is 6.49. The van der Waals surface area contributed by atoms with Gasteiger partial charge >= 0.3 is 18.2 Å². The van der Waals surface area contributed by atoms with Gasteiger partial charge in [-0.2, -0.15) is 13.2 Å². The molecule has 0 heterocycles. The zero-order chi connectivity index (χ0) is 25.0. The van der Waals surface area contributed by atoms with Gasteiger partial charge < -0.3 is 15.4 Å². The Hall–Kier alpha value is -3.09. The van der Waals surface area contributed by atoms with Crippen LogP contribution in [0.3, 0.4) is 0 Å². The van der Waals surface area contributed by atoms with Crippen molar-refractivity contribution in [2.45, 2.75) is 25.1 Å². The minimum atomic E-state index is -4.67. The van der Waals surface area contributed by atoms with Crippen LogP contribution in [0.15, 0.2) is 53.9 Å². The molecule has 8 nitrogen and oxygen atoms in total. The van der Waals surface area contributed by atoms with E-state index in [2.05, 4.69) is 16.4 Å². The first kappa shape index (κ1) is 25.5. The molecular weight excluding hydrogens is 594 g/mol. The van der Waals surface area contributed by atoms with E-state index < -0.39 is 39.8 Å². The average molecular weight is 608 g/mol. The quantitative estimate of drug-likeness (QED) is 0.141. The van der Waals surface area contributed by atoms with Crippen molar-refractivity contribution in [1.82, 2.24) is 5.32 Å². The van der Waals surface area contributed by atoms with Crippen LogP contribution in [0.5, 0.6) is 0 Å². The van der Waals surface area contributed by atoms with E-state index in [1.165, 1.54) is 30.3 Å². The second-order valence-corrected chi connectivity index (χ2v) is 8.53. The van der Waals surface area contributed by atoms with Crippen LogP contribution in [0, 0.1) is 13.7 Å². The average Bonchev–Trinajstić information content (AvgIpc) is 2.75. The van der Waals surface area contributed by atoms with Crippen molar-refractivity contribution in [1.29, 1.82) is 0 Å². The highest BCUT2D eigenvalue weighted by Crippen LogP contribution is 2.36. The van der Waals surface area contributed by atoms with Gasteiger partial charge in [-0.1, -0.05) is 17.3 Å². The lowest BCUT2D eigenvalue weighted by atomic mass is 10.1. The van der Waals surface area contributed by atoms with Crippen molar-refractivity contribution in [2.75, 3.05) is 5.32 Å². The fraction of sp³-hybridized carbons (Fsp3) is 0.190. The number of nitrogens with one attached hydrogen (secondary N) is 2. The van der Waals surface area contributed by atoms with Crippen LogP contribution in [0.25, 0.3) is 0 Å². The number of amides is 2. The predicted molar refractivity (Wildman–Crippen MR) is 124 cm³/mol. The Morgan fingerprint density at radius 1 is 1.21 bits per heavy atom. The van der Waals surface area contributed by atoms with Crippen LogP contribution >= 0.6 is 34.2 Å². The summed E-state index contributed by atoms with van der Waals surface area (Å²) in [5.41, 5.74) is 1.98. The number of carbonyl (C=O) groups excluding carboxylic acids is 2.